The van der Waals surface area contributed by atoms with Crippen LogP contribution in [-0.4, -0.2) is 43.2 Å². The number of amides is 1. The predicted octanol–water partition coefficient (Wildman–Crippen LogP) is 2.98. The number of furan rings is 1. The van der Waals surface area contributed by atoms with Gasteiger partial charge in [0.05, 0.1) is 19.0 Å². The van der Waals surface area contributed by atoms with E-state index in [9.17, 15) is 4.79 Å². The van der Waals surface area contributed by atoms with Gasteiger partial charge in [-0.15, -0.1) is 0 Å². The highest BCUT2D eigenvalue weighted by Gasteiger charge is 2.26. The van der Waals surface area contributed by atoms with Crippen LogP contribution in [0.25, 0.3) is 0 Å². The van der Waals surface area contributed by atoms with Gasteiger partial charge in [-0.05, 0) is 37.1 Å². The molecule has 1 aliphatic rings. The lowest BCUT2D eigenvalue weighted by atomic mass is 10.1. The van der Waals surface area contributed by atoms with Crippen LogP contribution in [0.4, 0.5) is 0 Å². The van der Waals surface area contributed by atoms with Gasteiger partial charge in [0.15, 0.2) is 5.76 Å². The Bertz CT molecular complexity index is 597. The SMILES string of the molecule is O=C(c1ccco1)N1CCCC(OCCOc2ccccc2)C1. The number of hydrogen-bond donors (Lipinski definition) is 0. The predicted molar refractivity (Wildman–Crippen MR) is 85.5 cm³/mol. The van der Waals surface area contributed by atoms with Gasteiger partial charge < -0.3 is 18.8 Å². The van der Waals surface area contributed by atoms with Gasteiger partial charge in [-0.1, -0.05) is 18.2 Å². The lowest BCUT2D eigenvalue weighted by molar-refractivity contribution is -0.00891. The number of piperidine rings is 1. The minimum Gasteiger partial charge on any atom is -0.491 e. The van der Waals surface area contributed by atoms with Crippen molar-refractivity contribution < 1.29 is 18.7 Å². The van der Waals surface area contributed by atoms with Crippen molar-refractivity contribution in [1.29, 1.82) is 0 Å². The zero-order valence-corrected chi connectivity index (χ0v) is 13.0. The summed E-state index contributed by atoms with van der Waals surface area (Å²) < 4.78 is 16.6. The summed E-state index contributed by atoms with van der Waals surface area (Å²) in [5.41, 5.74) is 0. The first-order chi connectivity index (χ1) is 11.3. The molecule has 0 radical (unpaired) electrons. The second kappa shape index (κ2) is 7.83. The van der Waals surface area contributed by atoms with E-state index in [4.69, 9.17) is 13.9 Å². The molecule has 1 unspecified atom stereocenters. The lowest BCUT2D eigenvalue weighted by Gasteiger charge is -2.32. The van der Waals surface area contributed by atoms with Crippen LogP contribution in [0.1, 0.15) is 23.4 Å². The number of carbonyl (C=O) groups excluding carboxylic acids is 1. The van der Waals surface area contributed by atoms with Gasteiger partial charge in [0.1, 0.15) is 12.4 Å². The Morgan fingerprint density at radius 1 is 1.17 bits per heavy atom. The summed E-state index contributed by atoms with van der Waals surface area (Å²) in [6.07, 6.45) is 3.48. The van der Waals surface area contributed by atoms with E-state index in [1.807, 2.05) is 30.3 Å². The molecule has 2 aromatic rings. The van der Waals surface area contributed by atoms with Gasteiger partial charge in [0.25, 0.3) is 5.91 Å². The molecule has 1 fully saturated rings. The smallest absolute Gasteiger partial charge is 0.289 e. The summed E-state index contributed by atoms with van der Waals surface area (Å²) >= 11 is 0. The summed E-state index contributed by atoms with van der Waals surface area (Å²) in [6, 6.07) is 13.1. The molecule has 2 heterocycles. The molecular formula is C18H21NO4. The van der Waals surface area contributed by atoms with Crippen molar-refractivity contribution in [2.75, 3.05) is 26.3 Å². The highest BCUT2D eigenvalue weighted by Crippen LogP contribution is 2.16. The summed E-state index contributed by atoms with van der Waals surface area (Å²) in [6.45, 7) is 2.37. The average molecular weight is 315 g/mol. The first kappa shape index (κ1) is 15.6. The second-order valence-corrected chi connectivity index (χ2v) is 5.53. The third kappa shape index (κ3) is 4.36. The van der Waals surface area contributed by atoms with Gasteiger partial charge in [-0.2, -0.15) is 0 Å². The Labute approximate surface area is 135 Å². The Kier molecular flexibility index (Phi) is 5.32. The number of hydrogen-bond acceptors (Lipinski definition) is 4. The van der Waals surface area contributed by atoms with E-state index in [1.165, 1.54) is 6.26 Å². The molecule has 1 aliphatic heterocycles. The minimum absolute atomic E-state index is 0.0574. The van der Waals surface area contributed by atoms with Crippen LogP contribution >= 0.6 is 0 Å². The molecule has 0 bridgehead atoms. The average Bonchev–Trinajstić information content (AvgIpc) is 3.14. The van der Waals surface area contributed by atoms with E-state index in [2.05, 4.69) is 0 Å². The van der Waals surface area contributed by atoms with Crippen molar-refractivity contribution >= 4 is 5.91 Å². The Morgan fingerprint density at radius 3 is 2.83 bits per heavy atom. The van der Waals surface area contributed by atoms with Crippen LogP contribution in [-0.2, 0) is 4.74 Å². The maximum Gasteiger partial charge on any atom is 0.289 e. The topological polar surface area (TPSA) is 51.9 Å². The zero-order valence-electron chi connectivity index (χ0n) is 13.0. The number of benzene rings is 1. The third-order valence-corrected chi connectivity index (χ3v) is 3.85. The van der Waals surface area contributed by atoms with Gasteiger partial charge in [0, 0.05) is 13.1 Å². The van der Waals surface area contributed by atoms with Crippen molar-refractivity contribution in [2.45, 2.75) is 18.9 Å². The molecule has 0 aliphatic carbocycles. The van der Waals surface area contributed by atoms with Crippen LogP contribution in [0, 0.1) is 0 Å². The number of ether oxygens (including phenoxy) is 2. The van der Waals surface area contributed by atoms with E-state index < -0.39 is 0 Å². The van der Waals surface area contributed by atoms with E-state index in [0.717, 1.165) is 25.1 Å². The van der Waals surface area contributed by atoms with Crippen molar-refractivity contribution in [2.24, 2.45) is 0 Å². The fraction of sp³-hybridized carbons (Fsp3) is 0.389. The molecule has 0 spiro atoms. The second-order valence-electron chi connectivity index (χ2n) is 5.53. The summed E-state index contributed by atoms with van der Waals surface area (Å²) in [5.74, 6) is 1.16. The highest BCUT2D eigenvalue weighted by atomic mass is 16.5. The number of rotatable bonds is 6. The highest BCUT2D eigenvalue weighted by molar-refractivity contribution is 5.91. The zero-order chi connectivity index (χ0) is 15.9. The number of nitrogens with zero attached hydrogens (tertiary/aromatic N) is 1. The molecule has 1 aromatic carbocycles. The van der Waals surface area contributed by atoms with E-state index in [1.54, 1.807) is 17.0 Å². The van der Waals surface area contributed by atoms with Gasteiger partial charge in [-0.25, -0.2) is 0 Å². The Hall–Kier alpha value is -2.27. The monoisotopic (exact) mass is 315 g/mol. The number of carbonyl (C=O) groups is 1. The maximum absolute atomic E-state index is 12.3. The van der Waals surface area contributed by atoms with Crippen LogP contribution in [0.15, 0.2) is 53.1 Å². The largest absolute Gasteiger partial charge is 0.491 e. The molecule has 5 heteroatoms. The van der Waals surface area contributed by atoms with Crippen molar-refractivity contribution in [3.05, 3.63) is 54.5 Å². The number of likely N-dealkylation sites (tertiary alicyclic amines) is 1. The van der Waals surface area contributed by atoms with Gasteiger partial charge >= 0.3 is 0 Å². The van der Waals surface area contributed by atoms with Crippen molar-refractivity contribution in [3.8, 4) is 5.75 Å². The maximum atomic E-state index is 12.3. The van der Waals surface area contributed by atoms with Gasteiger partial charge in [0.2, 0.25) is 0 Å². The Morgan fingerprint density at radius 2 is 2.04 bits per heavy atom. The molecule has 1 atom stereocenters. The van der Waals surface area contributed by atoms with E-state index >= 15 is 0 Å². The summed E-state index contributed by atoms with van der Waals surface area (Å²) in [7, 11) is 0. The molecule has 5 nitrogen and oxygen atoms in total. The standard InChI is InChI=1S/C18H21NO4/c20-18(17-9-5-11-23-17)19-10-4-8-16(14-19)22-13-12-21-15-6-2-1-3-7-15/h1-3,5-7,9,11,16H,4,8,10,12-14H2. The van der Waals surface area contributed by atoms with E-state index in [-0.39, 0.29) is 12.0 Å². The van der Waals surface area contributed by atoms with Gasteiger partial charge in [-0.3, -0.25) is 4.79 Å². The molecular weight excluding hydrogens is 294 g/mol. The molecule has 1 saturated heterocycles. The normalized spacial score (nSPS) is 17.9. The molecule has 0 N–H and O–H groups in total. The molecule has 1 aromatic heterocycles. The lowest BCUT2D eigenvalue weighted by Crippen LogP contribution is -2.43. The van der Waals surface area contributed by atoms with Crippen molar-refractivity contribution in [1.82, 2.24) is 4.90 Å². The molecule has 3 rings (SSSR count). The quantitative estimate of drug-likeness (QED) is 0.769. The molecule has 122 valence electrons. The number of para-hydroxylation sites is 1. The third-order valence-electron chi connectivity index (χ3n) is 3.85. The van der Waals surface area contributed by atoms with Crippen molar-refractivity contribution in [3.63, 3.8) is 0 Å². The fourth-order valence-corrected chi connectivity index (χ4v) is 2.71. The first-order valence-electron chi connectivity index (χ1n) is 7.95. The van der Waals surface area contributed by atoms with Crippen LogP contribution in [0.5, 0.6) is 5.75 Å². The van der Waals surface area contributed by atoms with E-state index in [0.29, 0.717) is 25.5 Å². The van der Waals surface area contributed by atoms with Crippen LogP contribution in [0.2, 0.25) is 0 Å². The summed E-state index contributed by atoms with van der Waals surface area (Å²) in [5, 5.41) is 0. The molecule has 23 heavy (non-hydrogen) atoms. The fourth-order valence-electron chi connectivity index (χ4n) is 2.71. The minimum atomic E-state index is -0.0659. The molecule has 0 saturated carbocycles. The van der Waals surface area contributed by atoms with Crippen LogP contribution < -0.4 is 4.74 Å². The first-order valence-corrected chi connectivity index (χ1v) is 7.95. The Balaban J connectivity index is 1.41. The summed E-state index contributed by atoms with van der Waals surface area (Å²) in [4.78, 5) is 14.1. The van der Waals surface area contributed by atoms with Crippen LogP contribution in [0.3, 0.4) is 0 Å². The molecule has 1 amide bonds.